The molecular formula is C27H28N2O4. The van der Waals surface area contributed by atoms with Crippen LogP contribution >= 0.6 is 0 Å². The smallest absolute Gasteiger partial charge is 0.340 e. The van der Waals surface area contributed by atoms with Gasteiger partial charge in [-0.2, -0.15) is 0 Å². The number of aryl methyl sites for hydroxylation is 1. The lowest BCUT2D eigenvalue weighted by atomic mass is 10.1. The van der Waals surface area contributed by atoms with Crippen LogP contribution in [0.2, 0.25) is 0 Å². The summed E-state index contributed by atoms with van der Waals surface area (Å²) >= 11 is 0. The zero-order valence-electron chi connectivity index (χ0n) is 18.9. The van der Waals surface area contributed by atoms with Crippen LogP contribution in [-0.4, -0.2) is 30.8 Å². The maximum absolute atomic E-state index is 12.8. The number of carbonyl (C=O) groups is 3. The first-order chi connectivity index (χ1) is 16.0. The Morgan fingerprint density at radius 3 is 2.27 bits per heavy atom. The van der Waals surface area contributed by atoms with Gasteiger partial charge in [-0.1, -0.05) is 67.1 Å². The molecule has 0 radical (unpaired) electrons. The number of Topliss-reactive ketones (excluding diaryl/α,β-unsaturated/α-hetero) is 1. The Bertz CT molecular complexity index is 1110. The lowest BCUT2D eigenvalue weighted by molar-refractivity contribution is 0.0475. The number of anilines is 1. The highest BCUT2D eigenvalue weighted by atomic mass is 16.5. The molecule has 6 nitrogen and oxygen atoms in total. The first-order valence-electron chi connectivity index (χ1n) is 10.9. The van der Waals surface area contributed by atoms with Crippen LogP contribution in [0.1, 0.15) is 55.5 Å². The highest BCUT2D eigenvalue weighted by molar-refractivity contribution is 6.02. The van der Waals surface area contributed by atoms with Gasteiger partial charge in [0.2, 0.25) is 0 Å². The summed E-state index contributed by atoms with van der Waals surface area (Å²) in [6, 6.07) is 21.6. The van der Waals surface area contributed by atoms with E-state index in [4.69, 9.17) is 4.74 Å². The van der Waals surface area contributed by atoms with Gasteiger partial charge in [0, 0.05) is 29.9 Å². The van der Waals surface area contributed by atoms with E-state index in [2.05, 4.69) is 10.6 Å². The van der Waals surface area contributed by atoms with Crippen molar-refractivity contribution >= 4 is 23.3 Å². The van der Waals surface area contributed by atoms with Crippen molar-refractivity contribution in [3.63, 3.8) is 0 Å². The molecule has 0 spiro atoms. The summed E-state index contributed by atoms with van der Waals surface area (Å²) in [5, 5.41) is 6.05. The summed E-state index contributed by atoms with van der Waals surface area (Å²) in [7, 11) is 0. The van der Waals surface area contributed by atoms with Crippen LogP contribution in [0.3, 0.4) is 0 Å². The van der Waals surface area contributed by atoms with Crippen molar-refractivity contribution in [1.82, 2.24) is 5.32 Å². The fraction of sp³-hybridized carbons (Fsp3) is 0.222. The molecule has 0 atom stereocenters. The van der Waals surface area contributed by atoms with Crippen LogP contribution in [0, 0.1) is 6.92 Å². The second-order valence-electron chi connectivity index (χ2n) is 7.72. The number of carbonyl (C=O) groups excluding carboxylic acids is 3. The summed E-state index contributed by atoms with van der Waals surface area (Å²) in [4.78, 5) is 37.6. The predicted molar refractivity (Wildman–Crippen MR) is 129 cm³/mol. The second-order valence-corrected chi connectivity index (χ2v) is 7.72. The monoisotopic (exact) mass is 444 g/mol. The molecule has 0 aliphatic heterocycles. The molecule has 0 saturated heterocycles. The van der Waals surface area contributed by atoms with E-state index >= 15 is 0 Å². The molecule has 0 heterocycles. The molecular weight excluding hydrogens is 416 g/mol. The number of nitrogens with one attached hydrogen (secondary N) is 2. The Morgan fingerprint density at radius 1 is 0.879 bits per heavy atom. The van der Waals surface area contributed by atoms with E-state index in [1.165, 1.54) is 0 Å². The first kappa shape index (κ1) is 23.7. The van der Waals surface area contributed by atoms with Crippen molar-refractivity contribution in [3.8, 4) is 0 Å². The van der Waals surface area contributed by atoms with Gasteiger partial charge in [-0.25, -0.2) is 4.79 Å². The minimum Gasteiger partial charge on any atom is -0.454 e. The van der Waals surface area contributed by atoms with E-state index < -0.39 is 5.97 Å². The van der Waals surface area contributed by atoms with Crippen LogP contribution in [-0.2, 0) is 11.3 Å². The number of amides is 1. The maximum atomic E-state index is 12.8. The van der Waals surface area contributed by atoms with Gasteiger partial charge in [-0.3, -0.25) is 9.59 Å². The molecule has 3 aromatic carbocycles. The number of esters is 1. The van der Waals surface area contributed by atoms with Crippen LogP contribution < -0.4 is 10.6 Å². The summed E-state index contributed by atoms with van der Waals surface area (Å²) in [5.41, 5.74) is 3.71. The Kier molecular flexibility index (Phi) is 8.36. The summed E-state index contributed by atoms with van der Waals surface area (Å²) in [6.07, 6.45) is 0.824. The van der Waals surface area contributed by atoms with Gasteiger partial charge >= 0.3 is 5.97 Å². The molecule has 0 unspecified atom stereocenters. The maximum Gasteiger partial charge on any atom is 0.340 e. The second kappa shape index (κ2) is 11.6. The van der Waals surface area contributed by atoms with Crippen molar-refractivity contribution in [2.45, 2.75) is 26.8 Å². The largest absolute Gasteiger partial charge is 0.454 e. The fourth-order valence-corrected chi connectivity index (χ4v) is 3.18. The van der Waals surface area contributed by atoms with Gasteiger partial charge < -0.3 is 15.4 Å². The van der Waals surface area contributed by atoms with E-state index in [-0.39, 0.29) is 23.9 Å². The summed E-state index contributed by atoms with van der Waals surface area (Å²) < 4.78 is 5.30. The Hall–Kier alpha value is -3.93. The highest BCUT2D eigenvalue weighted by Gasteiger charge is 2.18. The highest BCUT2D eigenvalue weighted by Crippen LogP contribution is 2.21. The van der Waals surface area contributed by atoms with Crippen LogP contribution in [0.15, 0.2) is 72.8 Å². The number of ether oxygens (including phenoxy) is 1. The van der Waals surface area contributed by atoms with Crippen LogP contribution in [0.25, 0.3) is 0 Å². The van der Waals surface area contributed by atoms with Gasteiger partial charge in [0.25, 0.3) is 5.91 Å². The molecule has 3 aromatic rings. The predicted octanol–water partition coefficient (Wildman–Crippen LogP) is 4.79. The molecule has 0 aliphatic carbocycles. The standard InChI is InChI=1S/C27H28N2O4/c1-3-15-28-26(31)22-13-14-23(24(16-22)29-17-20-7-5-4-6-8-20)27(32)33-18-25(30)21-11-9-19(2)10-12-21/h4-14,16,29H,3,15,17-18H2,1-2H3,(H,28,31). The Labute approximate surface area is 194 Å². The molecule has 0 bridgehead atoms. The van der Waals surface area contributed by atoms with Crippen molar-refractivity contribution in [3.05, 3.63) is 101 Å². The van der Waals surface area contributed by atoms with E-state index in [0.29, 0.717) is 29.9 Å². The molecule has 0 fully saturated rings. The molecule has 2 N–H and O–H groups in total. The average Bonchev–Trinajstić information content (AvgIpc) is 2.85. The SMILES string of the molecule is CCCNC(=O)c1ccc(C(=O)OCC(=O)c2ccc(C)cc2)c(NCc2ccccc2)c1. The van der Waals surface area contributed by atoms with Gasteiger partial charge in [0.05, 0.1) is 5.56 Å². The lowest BCUT2D eigenvalue weighted by Gasteiger charge is -2.14. The van der Waals surface area contributed by atoms with E-state index in [0.717, 1.165) is 17.5 Å². The van der Waals surface area contributed by atoms with Crippen LogP contribution in [0.4, 0.5) is 5.69 Å². The normalized spacial score (nSPS) is 10.4. The van der Waals surface area contributed by atoms with Gasteiger partial charge in [0.15, 0.2) is 12.4 Å². The Morgan fingerprint density at radius 2 is 1.58 bits per heavy atom. The van der Waals surface area contributed by atoms with Crippen LogP contribution in [0.5, 0.6) is 0 Å². The topological polar surface area (TPSA) is 84.5 Å². The van der Waals surface area contributed by atoms with Crippen molar-refractivity contribution in [1.29, 1.82) is 0 Å². The summed E-state index contributed by atoms with van der Waals surface area (Å²) in [5.74, 6) is -1.13. The third kappa shape index (κ3) is 6.77. The van der Waals surface area contributed by atoms with Crippen molar-refractivity contribution < 1.29 is 19.1 Å². The van der Waals surface area contributed by atoms with E-state index in [9.17, 15) is 14.4 Å². The zero-order valence-corrected chi connectivity index (χ0v) is 18.9. The first-order valence-corrected chi connectivity index (χ1v) is 10.9. The van der Waals surface area contributed by atoms with Gasteiger partial charge in [-0.05, 0) is 37.1 Å². The van der Waals surface area contributed by atoms with Gasteiger partial charge in [0.1, 0.15) is 0 Å². The third-order valence-corrected chi connectivity index (χ3v) is 5.07. The van der Waals surface area contributed by atoms with Crippen molar-refractivity contribution in [2.75, 3.05) is 18.5 Å². The number of benzene rings is 3. The number of ketones is 1. The summed E-state index contributed by atoms with van der Waals surface area (Å²) in [6.45, 7) is 4.58. The number of rotatable bonds is 10. The molecule has 33 heavy (non-hydrogen) atoms. The van der Waals surface area contributed by atoms with E-state index in [1.807, 2.05) is 56.3 Å². The fourth-order valence-electron chi connectivity index (χ4n) is 3.18. The minimum atomic E-state index is -0.633. The van der Waals surface area contributed by atoms with E-state index in [1.54, 1.807) is 30.3 Å². The quantitative estimate of drug-likeness (QED) is 0.347. The molecule has 3 rings (SSSR count). The molecule has 0 saturated carbocycles. The minimum absolute atomic E-state index is 0.214. The molecule has 6 heteroatoms. The average molecular weight is 445 g/mol. The molecule has 0 aromatic heterocycles. The molecule has 170 valence electrons. The number of hydrogen-bond donors (Lipinski definition) is 2. The molecule has 1 amide bonds. The Balaban J connectivity index is 1.76. The number of hydrogen-bond acceptors (Lipinski definition) is 5. The third-order valence-electron chi connectivity index (χ3n) is 5.07. The molecule has 0 aliphatic rings. The lowest BCUT2D eigenvalue weighted by Crippen LogP contribution is -2.24. The zero-order chi connectivity index (χ0) is 23.6. The van der Waals surface area contributed by atoms with Gasteiger partial charge in [-0.15, -0.1) is 0 Å². The van der Waals surface area contributed by atoms with Crippen molar-refractivity contribution in [2.24, 2.45) is 0 Å².